The molecular formula is C27H25ClN2O5S. The van der Waals surface area contributed by atoms with Crippen molar-refractivity contribution in [2.75, 3.05) is 7.11 Å². The van der Waals surface area contributed by atoms with Crippen LogP contribution in [0.2, 0.25) is 5.02 Å². The molecule has 0 saturated carbocycles. The minimum Gasteiger partial charge on any atom is -0.489 e. The van der Waals surface area contributed by atoms with E-state index in [9.17, 15) is 14.4 Å². The van der Waals surface area contributed by atoms with Gasteiger partial charge in [0.05, 0.1) is 12.0 Å². The summed E-state index contributed by atoms with van der Waals surface area (Å²) >= 11 is 6.75. The van der Waals surface area contributed by atoms with Crippen molar-refractivity contribution >= 4 is 46.6 Å². The van der Waals surface area contributed by atoms with Gasteiger partial charge in [-0.25, -0.2) is 4.79 Å². The van der Waals surface area contributed by atoms with Crippen molar-refractivity contribution in [1.82, 2.24) is 9.47 Å². The molecule has 0 bridgehead atoms. The third-order valence-electron chi connectivity index (χ3n) is 5.92. The number of ether oxygens (including phenoxy) is 2. The van der Waals surface area contributed by atoms with E-state index in [1.54, 1.807) is 6.08 Å². The van der Waals surface area contributed by atoms with Crippen LogP contribution in [0, 0.1) is 13.8 Å². The molecule has 1 aliphatic rings. The van der Waals surface area contributed by atoms with Gasteiger partial charge in [-0.1, -0.05) is 23.7 Å². The zero-order chi connectivity index (χ0) is 26.0. The van der Waals surface area contributed by atoms with E-state index < -0.39 is 23.2 Å². The van der Waals surface area contributed by atoms with Crippen LogP contribution in [0.5, 0.6) is 5.75 Å². The number of halogens is 1. The van der Waals surface area contributed by atoms with Crippen LogP contribution in [0.3, 0.4) is 0 Å². The average Bonchev–Trinajstić information content (AvgIpc) is 3.31. The lowest BCUT2D eigenvalue weighted by Gasteiger charge is -2.18. The lowest BCUT2D eigenvalue weighted by Crippen LogP contribution is -2.42. The Kier molecular flexibility index (Phi) is 7.56. The molecule has 1 fully saturated rings. The SMILES string of the molecule is COC(=O)[C@H](C)N1C(=O)S/C(=C/c2cc(C)n(-c3ccc(OCc4ccc(Cl)cc4)cc3)c2C)C1=O. The highest BCUT2D eigenvalue weighted by Gasteiger charge is 2.41. The van der Waals surface area contributed by atoms with E-state index in [0.717, 1.165) is 50.6 Å². The standard InChI is InChI=1S/C27H25ClN2O5S/c1-16-13-20(14-24-25(31)30(27(33)36-24)18(3)26(32)34-4)17(2)29(16)22-9-11-23(12-10-22)35-15-19-5-7-21(28)8-6-19/h5-14,18H,15H2,1-4H3/b24-14+/t18-/m0/s1. The summed E-state index contributed by atoms with van der Waals surface area (Å²) in [7, 11) is 1.22. The molecule has 2 amide bonds. The number of carbonyl (C=O) groups is 3. The number of nitrogens with zero attached hydrogens (tertiary/aromatic N) is 2. The van der Waals surface area contributed by atoms with Crippen LogP contribution >= 0.6 is 23.4 Å². The number of amides is 2. The number of benzene rings is 2. The summed E-state index contributed by atoms with van der Waals surface area (Å²) in [5, 5.41) is 0.193. The van der Waals surface area contributed by atoms with Crippen molar-refractivity contribution in [2.24, 2.45) is 0 Å². The van der Waals surface area contributed by atoms with E-state index >= 15 is 0 Å². The van der Waals surface area contributed by atoms with E-state index in [0.29, 0.717) is 11.6 Å². The minimum absolute atomic E-state index is 0.266. The summed E-state index contributed by atoms with van der Waals surface area (Å²) in [6.07, 6.45) is 1.69. The number of aromatic nitrogens is 1. The molecule has 4 rings (SSSR count). The molecule has 186 valence electrons. The molecule has 0 spiro atoms. The van der Waals surface area contributed by atoms with Crippen molar-refractivity contribution < 1.29 is 23.9 Å². The molecular weight excluding hydrogens is 500 g/mol. The summed E-state index contributed by atoms with van der Waals surface area (Å²) in [5.74, 6) is -0.406. The number of hydrogen-bond donors (Lipinski definition) is 0. The summed E-state index contributed by atoms with van der Waals surface area (Å²) in [4.78, 5) is 38.3. The highest BCUT2D eigenvalue weighted by molar-refractivity contribution is 8.18. The number of esters is 1. The molecule has 36 heavy (non-hydrogen) atoms. The Morgan fingerprint density at radius 2 is 1.75 bits per heavy atom. The van der Waals surface area contributed by atoms with Crippen LogP contribution in [0.1, 0.15) is 29.4 Å². The van der Waals surface area contributed by atoms with Crippen LogP contribution < -0.4 is 4.74 Å². The van der Waals surface area contributed by atoms with Gasteiger partial charge in [-0.2, -0.15) is 0 Å². The monoisotopic (exact) mass is 524 g/mol. The van der Waals surface area contributed by atoms with Gasteiger partial charge in [-0.15, -0.1) is 0 Å². The van der Waals surface area contributed by atoms with Gasteiger partial charge in [-0.05, 0) is 92.2 Å². The van der Waals surface area contributed by atoms with Gasteiger partial charge < -0.3 is 14.0 Å². The normalized spacial score (nSPS) is 15.5. The third-order valence-corrected chi connectivity index (χ3v) is 7.06. The number of aryl methyl sites for hydroxylation is 1. The molecule has 1 aromatic heterocycles. The second-order valence-corrected chi connectivity index (χ2v) is 9.75. The predicted octanol–water partition coefficient (Wildman–Crippen LogP) is 5.92. The average molecular weight is 525 g/mol. The topological polar surface area (TPSA) is 77.8 Å². The fraction of sp³-hybridized carbons (Fsp3) is 0.222. The first kappa shape index (κ1) is 25.6. The Morgan fingerprint density at radius 3 is 2.39 bits per heavy atom. The second-order valence-electron chi connectivity index (χ2n) is 8.32. The van der Waals surface area contributed by atoms with E-state index in [2.05, 4.69) is 9.30 Å². The van der Waals surface area contributed by atoms with Gasteiger partial charge in [0.15, 0.2) is 0 Å². The first-order valence-corrected chi connectivity index (χ1v) is 12.4. The van der Waals surface area contributed by atoms with Gasteiger partial charge in [0, 0.05) is 22.1 Å². The van der Waals surface area contributed by atoms with Crippen molar-refractivity contribution in [3.05, 3.63) is 87.0 Å². The van der Waals surface area contributed by atoms with Crippen LogP contribution in [0.4, 0.5) is 4.79 Å². The molecule has 1 atom stereocenters. The minimum atomic E-state index is -0.985. The van der Waals surface area contributed by atoms with Gasteiger partial charge in [0.1, 0.15) is 18.4 Å². The summed E-state index contributed by atoms with van der Waals surface area (Å²) in [5.41, 5.74) is 4.66. The Labute approximate surface area is 218 Å². The highest BCUT2D eigenvalue weighted by atomic mass is 35.5. The summed E-state index contributed by atoms with van der Waals surface area (Å²) in [6.45, 7) is 5.83. The number of rotatable bonds is 7. The Balaban J connectivity index is 1.52. The largest absolute Gasteiger partial charge is 0.489 e. The first-order valence-electron chi connectivity index (χ1n) is 11.2. The zero-order valence-corrected chi connectivity index (χ0v) is 21.9. The quantitative estimate of drug-likeness (QED) is 0.282. The zero-order valence-electron chi connectivity index (χ0n) is 20.3. The van der Waals surface area contributed by atoms with Crippen LogP contribution in [-0.2, 0) is 20.9 Å². The highest BCUT2D eigenvalue weighted by Crippen LogP contribution is 2.35. The van der Waals surface area contributed by atoms with E-state index in [-0.39, 0.29) is 4.91 Å². The molecule has 3 aromatic rings. The van der Waals surface area contributed by atoms with Crippen LogP contribution in [-0.4, -0.2) is 39.7 Å². The number of methoxy groups -OCH3 is 1. The Morgan fingerprint density at radius 1 is 1.08 bits per heavy atom. The van der Waals surface area contributed by atoms with Gasteiger partial charge >= 0.3 is 5.97 Å². The number of thioether (sulfide) groups is 1. The van der Waals surface area contributed by atoms with Crippen molar-refractivity contribution in [3.8, 4) is 11.4 Å². The fourth-order valence-corrected chi connectivity index (χ4v) is 5.03. The molecule has 7 nitrogen and oxygen atoms in total. The number of imide groups is 1. The molecule has 1 saturated heterocycles. The number of carbonyl (C=O) groups excluding carboxylic acids is 3. The molecule has 2 heterocycles. The van der Waals surface area contributed by atoms with E-state index in [1.165, 1.54) is 14.0 Å². The van der Waals surface area contributed by atoms with Crippen LogP contribution in [0.25, 0.3) is 11.8 Å². The van der Waals surface area contributed by atoms with Gasteiger partial charge in [0.2, 0.25) is 0 Å². The summed E-state index contributed by atoms with van der Waals surface area (Å²) < 4.78 is 12.6. The van der Waals surface area contributed by atoms with Gasteiger partial charge in [0.25, 0.3) is 11.1 Å². The smallest absolute Gasteiger partial charge is 0.328 e. The fourth-order valence-electron chi connectivity index (χ4n) is 4.00. The van der Waals surface area contributed by atoms with E-state index in [4.69, 9.17) is 16.3 Å². The third kappa shape index (κ3) is 5.20. The maximum atomic E-state index is 12.9. The predicted molar refractivity (Wildman–Crippen MR) is 140 cm³/mol. The maximum absolute atomic E-state index is 12.9. The maximum Gasteiger partial charge on any atom is 0.328 e. The molecule has 2 aromatic carbocycles. The van der Waals surface area contributed by atoms with E-state index in [1.807, 2.05) is 68.4 Å². The van der Waals surface area contributed by atoms with Crippen molar-refractivity contribution in [3.63, 3.8) is 0 Å². The first-order chi connectivity index (χ1) is 17.2. The molecule has 0 N–H and O–H groups in total. The Bertz CT molecular complexity index is 1350. The summed E-state index contributed by atoms with van der Waals surface area (Å²) in [6, 6.07) is 16.2. The molecule has 0 aliphatic carbocycles. The number of hydrogen-bond acceptors (Lipinski definition) is 6. The van der Waals surface area contributed by atoms with Gasteiger partial charge in [-0.3, -0.25) is 14.5 Å². The second kappa shape index (κ2) is 10.6. The lowest BCUT2D eigenvalue weighted by atomic mass is 10.2. The van der Waals surface area contributed by atoms with Crippen LogP contribution in [0.15, 0.2) is 59.5 Å². The van der Waals surface area contributed by atoms with Crippen molar-refractivity contribution in [2.45, 2.75) is 33.4 Å². The lowest BCUT2D eigenvalue weighted by molar-refractivity contribution is -0.148. The Hall–Kier alpha value is -3.49. The van der Waals surface area contributed by atoms with Crippen molar-refractivity contribution in [1.29, 1.82) is 0 Å². The molecule has 0 radical (unpaired) electrons. The molecule has 0 unspecified atom stereocenters. The molecule has 1 aliphatic heterocycles. The molecule has 9 heteroatoms.